The van der Waals surface area contributed by atoms with Gasteiger partial charge >= 0.3 is 0 Å². The summed E-state index contributed by atoms with van der Waals surface area (Å²) >= 11 is 0. The molecule has 104 valence electrons. The van der Waals surface area contributed by atoms with Gasteiger partial charge in [-0.2, -0.15) is 0 Å². The molecule has 1 N–H and O–H groups in total. The average molecular weight is 251 g/mol. The van der Waals surface area contributed by atoms with Crippen LogP contribution in [0.1, 0.15) is 64.2 Å². The number of hydrogen-bond donors (Lipinski definition) is 1. The zero-order chi connectivity index (χ0) is 12.4. The Morgan fingerprint density at radius 2 is 1.67 bits per heavy atom. The predicted molar refractivity (Wildman–Crippen MR) is 74.7 cm³/mol. The van der Waals surface area contributed by atoms with Crippen molar-refractivity contribution in [3.8, 4) is 0 Å². The van der Waals surface area contributed by atoms with Crippen molar-refractivity contribution in [2.24, 2.45) is 11.8 Å². The Kier molecular flexibility index (Phi) is 4.25. The molecule has 2 nitrogen and oxygen atoms in total. The van der Waals surface area contributed by atoms with Gasteiger partial charge in [0.2, 0.25) is 0 Å². The van der Waals surface area contributed by atoms with E-state index in [1.165, 1.54) is 64.2 Å². The van der Waals surface area contributed by atoms with Gasteiger partial charge in [0, 0.05) is 19.2 Å². The van der Waals surface area contributed by atoms with E-state index in [2.05, 4.69) is 5.32 Å². The van der Waals surface area contributed by atoms with Gasteiger partial charge in [-0.05, 0) is 50.4 Å². The third kappa shape index (κ3) is 2.75. The molecule has 3 aliphatic rings. The molecule has 3 rings (SSSR count). The lowest BCUT2D eigenvalue weighted by Gasteiger charge is -2.41. The maximum atomic E-state index is 5.61. The third-order valence-corrected chi connectivity index (χ3v) is 5.74. The first kappa shape index (κ1) is 12.9. The fourth-order valence-corrected chi connectivity index (χ4v) is 4.73. The van der Waals surface area contributed by atoms with E-state index < -0.39 is 0 Å². The smallest absolute Gasteiger partial charge is 0.0724 e. The molecule has 0 aromatic heterocycles. The third-order valence-electron chi connectivity index (χ3n) is 5.74. The predicted octanol–water partition coefficient (Wildman–Crippen LogP) is 3.50. The van der Waals surface area contributed by atoms with Crippen LogP contribution in [-0.4, -0.2) is 25.3 Å². The van der Waals surface area contributed by atoms with Crippen molar-refractivity contribution in [3.63, 3.8) is 0 Å². The lowest BCUT2D eigenvalue weighted by atomic mass is 9.69. The van der Waals surface area contributed by atoms with E-state index in [9.17, 15) is 0 Å². The first-order valence-electron chi connectivity index (χ1n) is 8.15. The standard InChI is InChI=1S/C16H29NO/c1-18-16-8-4-7-15(16)17-14-10-9-12-5-2-3-6-13(12)11-14/h12-17H,2-11H2,1H3. The molecule has 0 bridgehead atoms. The highest BCUT2D eigenvalue weighted by atomic mass is 16.5. The summed E-state index contributed by atoms with van der Waals surface area (Å²) in [4.78, 5) is 0. The molecular formula is C16H29NO. The summed E-state index contributed by atoms with van der Waals surface area (Å²) in [6.07, 6.45) is 14.7. The molecule has 0 amide bonds. The topological polar surface area (TPSA) is 21.3 Å². The molecular weight excluding hydrogens is 222 g/mol. The molecule has 0 spiro atoms. The number of hydrogen-bond acceptors (Lipinski definition) is 2. The van der Waals surface area contributed by atoms with Crippen molar-refractivity contribution in [2.45, 2.75) is 82.4 Å². The molecule has 3 fully saturated rings. The number of rotatable bonds is 3. The summed E-state index contributed by atoms with van der Waals surface area (Å²) in [5.41, 5.74) is 0. The zero-order valence-corrected chi connectivity index (χ0v) is 11.9. The Morgan fingerprint density at radius 1 is 0.833 bits per heavy atom. The second kappa shape index (κ2) is 5.92. The Labute approximate surface area is 112 Å². The average Bonchev–Trinajstić information content (AvgIpc) is 2.86. The minimum Gasteiger partial charge on any atom is -0.380 e. The highest BCUT2D eigenvalue weighted by Crippen LogP contribution is 2.40. The van der Waals surface area contributed by atoms with Crippen LogP contribution < -0.4 is 5.32 Å². The molecule has 0 aromatic carbocycles. The highest BCUT2D eigenvalue weighted by Gasteiger charge is 2.35. The quantitative estimate of drug-likeness (QED) is 0.829. The van der Waals surface area contributed by atoms with Gasteiger partial charge in [0.05, 0.1) is 6.10 Å². The Balaban J connectivity index is 1.51. The molecule has 0 radical (unpaired) electrons. The Bertz CT molecular complexity index is 268. The normalized spacial score (nSPS) is 44.8. The maximum Gasteiger partial charge on any atom is 0.0724 e. The lowest BCUT2D eigenvalue weighted by molar-refractivity contribution is 0.0701. The summed E-state index contributed by atoms with van der Waals surface area (Å²) in [6.45, 7) is 0. The minimum atomic E-state index is 0.481. The summed E-state index contributed by atoms with van der Waals surface area (Å²) in [7, 11) is 1.88. The van der Waals surface area contributed by atoms with Gasteiger partial charge in [-0.1, -0.05) is 25.7 Å². The minimum absolute atomic E-state index is 0.481. The van der Waals surface area contributed by atoms with Crippen LogP contribution in [0.25, 0.3) is 0 Å². The summed E-state index contributed by atoms with van der Waals surface area (Å²) in [5.74, 6) is 2.10. The van der Waals surface area contributed by atoms with Crippen LogP contribution in [0.4, 0.5) is 0 Å². The SMILES string of the molecule is COC1CCCC1NC1CCC2CCCCC2C1. The molecule has 0 aromatic rings. The number of methoxy groups -OCH3 is 1. The Hall–Kier alpha value is -0.0800. The zero-order valence-electron chi connectivity index (χ0n) is 11.9. The first-order chi connectivity index (χ1) is 8.86. The first-order valence-corrected chi connectivity index (χ1v) is 8.15. The van der Waals surface area contributed by atoms with E-state index >= 15 is 0 Å². The van der Waals surface area contributed by atoms with E-state index in [1.807, 2.05) is 7.11 Å². The molecule has 0 heterocycles. The van der Waals surface area contributed by atoms with E-state index in [0.29, 0.717) is 12.1 Å². The molecule has 0 saturated heterocycles. The van der Waals surface area contributed by atoms with E-state index in [0.717, 1.165) is 17.9 Å². The second-order valence-corrected chi connectivity index (χ2v) is 6.79. The second-order valence-electron chi connectivity index (χ2n) is 6.79. The van der Waals surface area contributed by atoms with Crippen LogP contribution in [0.5, 0.6) is 0 Å². The van der Waals surface area contributed by atoms with Crippen LogP contribution in [0.2, 0.25) is 0 Å². The summed E-state index contributed by atoms with van der Waals surface area (Å²) in [5, 5.41) is 3.93. The molecule has 5 atom stereocenters. The van der Waals surface area contributed by atoms with Gasteiger partial charge in [0.1, 0.15) is 0 Å². The van der Waals surface area contributed by atoms with Crippen molar-refractivity contribution < 1.29 is 4.74 Å². The molecule has 0 aliphatic heterocycles. The van der Waals surface area contributed by atoms with Gasteiger partial charge in [-0.3, -0.25) is 0 Å². The van der Waals surface area contributed by atoms with Crippen LogP contribution in [0.3, 0.4) is 0 Å². The Morgan fingerprint density at radius 3 is 2.50 bits per heavy atom. The van der Waals surface area contributed by atoms with Crippen LogP contribution in [-0.2, 0) is 4.74 Å². The van der Waals surface area contributed by atoms with Crippen molar-refractivity contribution in [1.82, 2.24) is 5.32 Å². The lowest BCUT2D eigenvalue weighted by Crippen LogP contribution is -2.46. The van der Waals surface area contributed by atoms with E-state index in [4.69, 9.17) is 4.74 Å². The highest BCUT2D eigenvalue weighted by molar-refractivity contribution is 4.91. The van der Waals surface area contributed by atoms with Crippen molar-refractivity contribution >= 4 is 0 Å². The summed E-state index contributed by atoms with van der Waals surface area (Å²) < 4.78 is 5.61. The monoisotopic (exact) mass is 251 g/mol. The van der Waals surface area contributed by atoms with Gasteiger partial charge in [-0.15, -0.1) is 0 Å². The fraction of sp³-hybridized carbons (Fsp3) is 1.00. The van der Waals surface area contributed by atoms with E-state index in [1.54, 1.807) is 0 Å². The van der Waals surface area contributed by atoms with Crippen LogP contribution in [0.15, 0.2) is 0 Å². The number of nitrogens with one attached hydrogen (secondary N) is 1. The van der Waals surface area contributed by atoms with Crippen molar-refractivity contribution in [2.75, 3.05) is 7.11 Å². The van der Waals surface area contributed by atoms with Crippen LogP contribution in [0, 0.1) is 11.8 Å². The molecule has 2 heteroatoms. The van der Waals surface area contributed by atoms with Crippen LogP contribution >= 0.6 is 0 Å². The van der Waals surface area contributed by atoms with Gasteiger partial charge in [0.25, 0.3) is 0 Å². The largest absolute Gasteiger partial charge is 0.380 e. The van der Waals surface area contributed by atoms with Crippen molar-refractivity contribution in [3.05, 3.63) is 0 Å². The van der Waals surface area contributed by atoms with Gasteiger partial charge in [0.15, 0.2) is 0 Å². The van der Waals surface area contributed by atoms with Crippen molar-refractivity contribution in [1.29, 1.82) is 0 Å². The number of fused-ring (bicyclic) bond motifs is 1. The van der Waals surface area contributed by atoms with E-state index in [-0.39, 0.29) is 0 Å². The fourth-order valence-electron chi connectivity index (χ4n) is 4.73. The van der Waals surface area contributed by atoms with Gasteiger partial charge < -0.3 is 10.1 Å². The molecule has 3 saturated carbocycles. The maximum absolute atomic E-state index is 5.61. The molecule has 18 heavy (non-hydrogen) atoms. The number of ether oxygens (including phenoxy) is 1. The molecule has 5 unspecified atom stereocenters. The molecule has 3 aliphatic carbocycles. The van der Waals surface area contributed by atoms with Gasteiger partial charge in [-0.25, -0.2) is 0 Å². The summed E-state index contributed by atoms with van der Waals surface area (Å²) in [6, 6.07) is 1.42.